The van der Waals surface area contributed by atoms with Gasteiger partial charge in [-0.05, 0) is 48.4 Å². The van der Waals surface area contributed by atoms with Crippen molar-refractivity contribution in [2.45, 2.75) is 52.5 Å². The van der Waals surface area contributed by atoms with Gasteiger partial charge >= 0.3 is 6.03 Å². The van der Waals surface area contributed by atoms with Crippen LogP contribution >= 0.6 is 0 Å². The number of hydroxylamine groups is 1. The van der Waals surface area contributed by atoms with Gasteiger partial charge in [0.2, 0.25) is 5.91 Å². The summed E-state index contributed by atoms with van der Waals surface area (Å²) < 4.78 is 13.1. The molecule has 0 unspecified atom stereocenters. The molecule has 30 heavy (non-hydrogen) atoms. The monoisotopic (exact) mass is 422 g/mol. The van der Waals surface area contributed by atoms with Gasteiger partial charge in [0.25, 0.3) is 5.91 Å². The van der Waals surface area contributed by atoms with Gasteiger partial charge in [0.05, 0.1) is 0 Å². The third-order valence-electron chi connectivity index (χ3n) is 5.21. The molecule has 0 heterocycles. The highest BCUT2D eigenvalue weighted by Crippen LogP contribution is 2.27. The van der Waals surface area contributed by atoms with Gasteiger partial charge in [0, 0.05) is 12.2 Å². The number of nitrogens with one attached hydrogen (secondary N) is 3. The molecule has 4 amide bonds. The summed E-state index contributed by atoms with van der Waals surface area (Å²) in [6.45, 7) is 5.54. The number of amides is 4. The van der Waals surface area contributed by atoms with Crippen LogP contribution in [0.1, 0.15) is 46.5 Å². The predicted molar refractivity (Wildman–Crippen MR) is 110 cm³/mol. The van der Waals surface area contributed by atoms with Gasteiger partial charge in [0.15, 0.2) is 0 Å². The Morgan fingerprint density at radius 2 is 1.77 bits per heavy atom. The SMILES string of the molecule is CC(C)(C)[C@H](NC(=O)Nc1ccc(F)cc1)C(=O)N(CC(=O)NO)CC1CCCC1. The minimum absolute atomic E-state index is 0.286. The summed E-state index contributed by atoms with van der Waals surface area (Å²) in [5.74, 6) is -1.22. The van der Waals surface area contributed by atoms with Gasteiger partial charge in [0.1, 0.15) is 18.4 Å². The first-order chi connectivity index (χ1) is 14.1. The molecular formula is C21H31FN4O4. The predicted octanol–water partition coefficient (Wildman–Crippen LogP) is 2.89. The molecule has 0 bridgehead atoms. The number of urea groups is 1. The molecule has 0 aromatic heterocycles. The molecule has 1 fully saturated rings. The molecule has 0 spiro atoms. The Morgan fingerprint density at radius 3 is 2.30 bits per heavy atom. The second-order valence-corrected chi connectivity index (χ2v) is 8.81. The number of rotatable bonds is 7. The van der Waals surface area contributed by atoms with Crippen molar-refractivity contribution in [3.05, 3.63) is 30.1 Å². The maximum absolute atomic E-state index is 13.3. The van der Waals surface area contributed by atoms with Crippen molar-refractivity contribution in [2.24, 2.45) is 11.3 Å². The van der Waals surface area contributed by atoms with Crippen molar-refractivity contribution < 1.29 is 24.0 Å². The van der Waals surface area contributed by atoms with E-state index in [9.17, 15) is 18.8 Å². The molecule has 1 atom stereocenters. The van der Waals surface area contributed by atoms with Crippen molar-refractivity contribution >= 4 is 23.5 Å². The minimum atomic E-state index is -0.911. The molecular weight excluding hydrogens is 391 g/mol. The van der Waals surface area contributed by atoms with Crippen LogP contribution in [0.2, 0.25) is 0 Å². The van der Waals surface area contributed by atoms with Crippen molar-refractivity contribution in [3.8, 4) is 0 Å². The number of hydrogen-bond donors (Lipinski definition) is 4. The number of anilines is 1. The van der Waals surface area contributed by atoms with Crippen molar-refractivity contribution in [1.82, 2.24) is 15.7 Å². The number of halogens is 1. The van der Waals surface area contributed by atoms with Gasteiger partial charge in [-0.15, -0.1) is 0 Å². The lowest BCUT2D eigenvalue weighted by molar-refractivity contribution is -0.142. The molecule has 4 N–H and O–H groups in total. The number of carbonyl (C=O) groups is 3. The van der Waals surface area contributed by atoms with Crippen LogP contribution in [0.15, 0.2) is 24.3 Å². The van der Waals surface area contributed by atoms with E-state index >= 15 is 0 Å². The van der Waals surface area contributed by atoms with Crippen LogP contribution in [0.4, 0.5) is 14.9 Å². The number of hydrogen-bond acceptors (Lipinski definition) is 4. The van der Waals surface area contributed by atoms with E-state index in [0.717, 1.165) is 25.7 Å². The quantitative estimate of drug-likeness (QED) is 0.400. The molecule has 166 valence electrons. The van der Waals surface area contributed by atoms with Crippen LogP contribution in [0.25, 0.3) is 0 Å². The van der Waals surface area contributed by atoms with Crippen LogP contribution in [0.5, 0.6) is 0 Å². The number of benzene rings is 1. The van der Waals surface area contributed by atoms with E-state index < -0.39 is 35.1 Å². The fourth-order valence-corrected chi connectivity index (χ4v) is 3.61. The average Bonchev–Trinajstić information content (AvgIpc) is 3.19. The second kappa shape index (κ2) is 10.4. The second-order valence-electron chi connectivity index (χ2n) is 8.81. The zero-order valence-corrected chi connectivity index (χ0v) is 17.7. The molecule has 1 aromatic carbocycles. The molecule has 0 aliphatic heterocycles. The van der Waals surface area contributed by atoms with E-state index in [4.69, 9.17) is 5.21 Å². The lowest BCUT2D eigenvalue weighted by Crippen LogP contribution is -2.57. The Kier molecular flexibility index (Phi) is 8.16. The smallest absolute Gasteiger partial charge is 0.319 e. The first-order valence-corrected chi connectivity index (χ1v) is 10.1. The summed E-state index contributed by atoms with van der Waals surface area (Å²) >= 11 is 0. The van der Waals surface area contributed by atoms with Crippen molar-refractivity contribution in [3.63, 3.8) is 0 Å². The highest BCUT2D eigenvalue weighted by atomic mass is 19.1. The van der Waals surface area contributed by atoms with Crippen LogP contribution in [-0.2, 0) is 9.59 Å². The zero-order chi connectivity index (χ0) is 22.3. The van der Waals surface area contributed by atoms with E-state index in [-0.39, 0.29) is 12.5 Å². The molecule has 8 nitrogen and oxygen atoms in total. The molecule has 0 radical (unpaired) electrons. The van der Waals surface area contributed by atoms with Crippen LogP contribution < -0.4 is 16.1 Å². The Bertz CT molecular complexity index is 742. The summed E-state index contributed by atoms with van der Waals surface area (Å²) in [5, 5.41) is 14.2. The first-order valence-electron chi connectivity index (χ1n) is 10.1. The first kappa shape index (κ1) is 23.6. The molecule has 1 saturated carbocycles. The maximum atomic E-state index is 13.3. The number of carbonyl (C=O) groups excluding carboxylic acids is 3. The summed E-state index contributed by atoms with van der Waals surface area (Å²) in [6, 6.07) is 3.76. The zero-order valence-electron chi connectivity index (χ0n) is 17.7. The maximum Gasteiger partial charge on any atom is 0.319 e. The van der Waals surface area contributed by atoms with Gasteiger partial charge < -0.3 is 15.5 Å². The summed E-state index contributed by atoms with van der Waals surface area (Å²) in [7, 11) is 0. The van der Waals surface area contributed by atoms with Gasteiger partial charge in [-0.3, -0.25) is 14.8 Å². The van der Waals surface area contributed by atoms with E-state index in [0.29, 0.717) is 12.2 Å². The Morgan fingerprint density at radius 1 is 1.17 bits per heavy atom. The number of nitrogens with zero attached hydrogens (tertiary/aromatic N) is 1. The summed E-state index contributed by atoms with van der Waals surface area (Å²) in [4.78, 5) is 39.0. The molecule has 1 aliphatic rings. The third-order valence-corrected chi connectivity index (χ3v) is 5.21. The van der Waals surface area contributed by atoms with Crippen LogP contribution in [0, 0.1) is 17.2 Å². The summed E-state index contributed by atoms with van der Waals surface area (Å²) in [5.41, 5.74) is 1.32. The Balaban J connectivity index is 2.14. The summed E-state index contributed by atoms with van der Waals surface area (Å²) in [6.07, 6.45) is 4.12. The van der Waals surface area contributed by atoms with Gasteiger partial charge in [-0.1, -0.05) is 33.6 Å². The topological polar surface area (TPSA) is 111 Å². The van der Waals surface area contributed by atoms with Crippen LogP contribution in [-0.4, -0.2) is 47.1 Å². The highest BCUT2D eigenvalue weighted by molar-refractivity contribution is 5.95. The lowest BCUT2D eigenvalue weighted by atomic mass is 9.85. The Hall–Kier alpha value is -2.68. The fourth-order valence-electron chi connectivity index (χ4n) is 3.61. The standard InChI is InChI=1S/C21H31FN4O4/c1-21(2,3)18(24-20(29)23-16-10-8-15(22)9-11-16)19(28)26(13-17(27)25-30)12-14-6-4-5-7-14/h8-11,14,18,30H,4-7,12-13H2,1-3H3,(H,25,27)(H2,23,24,29)/t18-/m1/s1. The van der Waals surface area contributed by atoms with E-state index in [1.165, 1.54) is 29.2 Å². The molecule has 2 rings (SSSR count). The molecule has 0 saturated heterocycles. The van der Waals surface area contributed by atoms with Crippen molar-refractivity contribution in [1.29, 1.82) is 0 Å². The average molecular weight is 423 g/mol. The van der Waals surface area contributed by atoms with Crippen molar-refractivity contribution in [2.75, 3.05) is 18.4 Å². The molecule has 9 heteroatoms. The molecule has 1 aromatic rings. The Labute approximate surface area is 176 Å². The van der Waals surface area contributed by atoms with E-state index in [1.54, 1.807) is 5.48 Å². The van der Waals surface area contributed by atoms with E-state index in [1.807, 2.05) is 20.8 Å². The van der Waals surface area contributed by atoms with Crippen LogP contribution in [0.3, 0.4) is 0 Å². The van der Waals surface area contributed by atoms with Gasteiger partial charge in [-0.2, -0.15) is 0 Å². The third kappa shape index (κ3) is 6.98. The minimum Gasteiger partial charge on any atom is -0.331 e. The fraction of sp³-hybridized carbons (Fsp3) is 0.571. The molecule has 1 aliphatic carbocycles. The lowest BCUT2D eigenvalue weighted by Gasteiger charge is -2.35. The normalized spacial score (nSPS) is 15.4. The highest BCUT2D eigenvalue weighted by Gasteiger charge is 2.37. The van der Waals surface area contributed by atoms with E-state index in [2.05, 4.69) is 10.6 Å². The van der Waals surface area contributed by atoms with Gasteiger partial charge in [-0.25, -0.2) is 14.7 Å². The largest absolute Gasteiger partial charge is 0.331 e.